The maximum Gasteiger partial charge on any atom is 0.272 e. The van der Waals surface area contributed by atoms with Gasteiger partial charge in [-0.05, 0) is 24.3 Å². The first-order chi connectivity index (χ1) is 18.2. The number of alkyl halides is 2. The highest BCUT2D eigenvalue weighted by molar-refractivity contribution is 6.32. The van der Waals surface area contributed by atoms with Crippen LogP contribution in [0.1, 0.15) is 27.3 Å². The van der Waals surface area contributed by atoms with Crippen LogP contribution in [0.25, 0.3) is 11.0 Å². The molecule has 0 spiro atoms. The SMILES string of the molecule is N#Cc1ccc(C(=O)NCC(=O)N2CCOCC2)c(C(=N)Cc2nc3cc(OCC(F)F)c(Cl)cc3[nH]2)c1. The van der Waals surface area contributed by atoms with E-state index in [-0.39, 0.29) is 52.0 Å². The van der Waals surface area contributed by atoms with Crippen LogP contribution in [0.2, 0.25) is 5.02 Å². The van der Waals surface area contributed by atoms with E-state index < -0.39 is 18.9 Å². The van der Waals surface area contributed by atoms with E-state index in [4.69, 9.17) is 26.5 Å². The molecule has 0 bridgehead atoms. The number of aromatic amines is 1. The van der Waals surface area contributed by atoms with Crippen LogP contribution >= 0.6 is 11.6 Å². The molecule has 1 aliphatic rings. The van der Waals surface area contributed by atoms with Crippen molar-refractivity contribution in [2.24, 2.45) is 0 Å². The van der Waals surface area contributed by atoms with Crippen LogP contribution in [0.4, 0.5) is 8.78 Å². The molecule has 10 nitrogen and oxygen atoms in total. The number of amides is 2. The van der Waals surface area contributed by atoms with Gasteiger partial charge < -0.3 is 30.1 Å². The lowest BCUT2D eigenvalue weighted by molar-refractivity contribution is -0.134. The number of nitrogens with zero attached hydrogens (tertiary/aromatic N) is 3. The number of benzene rings is 2. The van der Waals surface area contributed by atoms with Crippen LogP contribution < -0.4 is 10.1 Å². The van der Waals surface area contributed by atoms with Crippen LogP contribution in [0.15, 0.2) is 30.3 Å². The molecule has 1 aliphatic heterocycles. The lowest BCUT2D eigenvalue weighted by atomic mass is 9.97. The molecule has 2 aromatic carbocycles. The maximum atomic E-state index is 12.9. The summed E-state index contributed by atoms with van der Waals surface area (Å²) in [5.74, 6) is -0.402. The van der Waals surface area contributed by atoms with Gasteiger partial charge in [-0.1, -0.05) is 11.6 Å². The van der Waals surface area contributed by atoms with Gasteiger partial charge in [0.2, 0.25) is 5.91 Å². The molecule has 1 fully saturated rings. The Morgan fingerprint density at radius 1 is 1.26 bits per heavy atom. The van der Waals surface area contributed by atoms with Gasteiger partial charge >= 0.3 is 0 Å². The van der Waals surface area contributed by atoms with E-state index >= 15 is 0 Å². The number of carbonyl (C=O) groups is 2. The minimum atomic E-state index is -2.66. The zero-order valence-corrected chi connectivity index (χ0v) is 20.8. The quantitative estimate of drug-likeness (QED) is 0.353. The molecule has 1 aromatic heterocycles. The van der Waals surface area contributed by atoms with Crippen molar-refractivity contribution >= 4 is 40.2 Å². The molecular weight excluding hydrogens is 522 g/mol. The average molecular weight is 545 g/mol. The molecule has 38 heavy (non-hydrogen) atoms. The number of morpholine rings is 1. The van der Waals surface area contributed by atoms with E-state index in [1.54, 1.807) is 4.90 Å². The van der Waals surface area contributed by atoms with Gasteiger partial charge in [-0.3, -0.25) is 9.59 Å². The molecule has 0 radical (unpaired) electrons. The number of nitriles is 1. The minimum absolute atomic E-state index is 0.00826. The van der Waals surface area contributed by atoms with Crippen LogP contribution in [-0.2, 0) is 16.0 Å². The van der Waals surface area contributed by atoms with Gasteiger partial charge in [-0.15, -0.1) is 0 Å². The van der Waals surface area contributed by atoms with Gasteiger partial charge in [0.1, 0.15) is 18.2 Å². The molecule has 0 unspecified atom stereocenters. The van der Waals surface area contributed by atoms with E-state index in [9.17, 15) is 23.6 Å². The summed E-state index contributed by atoms with van der Waals surface area (Å²) in [6, 6.07) is 9.22. The van der Waals surface area contributed by atoms with Gasteiger partial charge in [0.25, 0.3) is 12.3 Å². The Morgan fingerprint density at radius 2 is 2.03 bits per heavy atom. The summed E-state index contributed by atoms with van der Waals surface area (Å²) in [4.78, 5) is 34.4. The summed E-state index contributed by atoms with van der Waals surface area (Å²) in [5.41, 5.74) is 1.49. The molecule has 3 aromatic rings. The number of carbonyl (C=O) groups excluding carboxylic acids is 2. The molecule has 0 aliphatic carbocycles. The number of halogens is 3. The van der Waals surface area contributed by atoms with Gasteiger partial charge in [-0.25, -0.2) is 13.8 Å². The molecule has 3 N–H and O–H groups in total. The first kappa shape index (κ1) is 27.0. The van der Waals surface area contributed by atoms with Crippen molar-refractivity contribution in [1.29, 1.82) is 10.7 Å². The van der Waals surface area contributed by atoms with Gasteiger partial charge in [0, 0.05) is 42.4 Å². The third-order valence-electron chi connectivity index (χ3n) is 5.78. The summed E-state index contributed by atoms with van der Waals surface area (Å²) in [6.45, 7) is 0.745. The second-order valence-electron chi connectivity index (χ2n) is 8.39. The fraction of sp³-hybridized carbons (Fsp3) is 0.320. The van der Waals surface area contributed by atoms with Crippen LogP contribution in [0.5, 0.6) is 5.75 Å². The predicted octanol–water partition coefficient (Wildman–Crippen LogP) is 2.93. The van der Waals surface area contributed by atoms with Crippen molar-refractivity contribution in [1.82, 2.24) is 20.2 Å². The highest BCUT2D eigenvalue weighted by Gasteiger charge is 2.21. The standard InChI is InChI=1S/C25H23ClF2N6O4/c26-17-8-19-20(10-21(17)38-13-22(27)28)33-23(32-19)9-18(30)16-7-14(11-29)1-2-15(16)25(36)31-12-24(35)34-3-5-37-6-4-34/h1-2,7-8,10,22,30H,3-6,9,12-13H2,(H,31,36)(H,32,33). The highest BCUT2D eigenvalue weighted by atomic mass is 35.5. The third-order valence-corrected chi connectivity index (χ3v) is 6.07. The fourth-order valence-electron chi connectivity index (χ4n) is 3.91. The number of imidazole rings is 1. The Kier molecular flexibility index (Phi) is 8.50. The van der Waals surface area contributed by atoms with Gasteiger partial charge in [0.15, 0.2) is 0 Å². The summed E-state index contributed by atoms with van der Waals surface area (Å²) >= 11 is 6.12. The van der Waals surface area contributed by atoms with Crippen molar-refractivity contribution in [3.63, 3.8) is 0 Å². The Labute approximate surface area is 221 Å². The summed E-state index contributed by atoms with van der Waals surface area (Å²) < 4.78 is 35.3. The Hall–Kier alpha value is -4.08. The summed E-state index contributed by atoms with van der Waals surface area (Å²) in [7, 11) is 0. The summed E-state index contributed by atoms with van der Waals surface area (Å²) in [6.07, 6.45) is -2.70. The van der Waals surface area contributed by atoms with E-state index in [2.05, 4.69) is 15.3 Å². The average Bonchev–Trinajstić information content (AvgIpc) is 3.30. The molecule has 0 atom stereocenters. The second-order valence-corrected chi connectivity index (χ2v) is 8.80. The number of H-pyrrole nitrogens is 1. The fourth-order valence-corrected chi connectivity index (χ4v) is 4.13. The number of rotatable bonds is 9. The zero-order chi connectivity index (χ0) is 27.2. The first-order valence-corrected chi connectivity index (χ1v) is 12.0. The molecular formula is C25H23ClF2N6O4. The number of ether oxygens (including phenoxy) is 2. The maximum absolute atomic E-state index is 12.9. The third kappa shape index (κ3) is 6.42. The van der Waals surface area contributed by atoms with E-state index in [0.717, 1.165) is 0 Å². The normalized spacial score (nSPS) is 13.4. The lowest BCUT2D eigenvalue weighted by Gasteiger charge is -2.26. The predicted molar refractivity (Wildman–Crippen MR) is 134 cm³/mol. The summed E-state index contributed by atoms with van der Waals surface area (Å²) in [5, 5.41) is 20.7. The Bertz CT molecular complexity index is 1410. The molecule has 198 valence electrons. The topological polar surface area (TPSA) is 144 Å². The molecule has 2 heterocycles. The van der Waals surface area contributed by atoms with E-state index in [1.165, 1.54) is 30.3 Å². The van der Waals surface area contributed by atoms with Crippen LogP contribution in [0, 0.1) is 16.7 Å². The minimum Gasteiger partial charge on any atom is -0.486 e. The van der Waals surface area contributed by atoms with Crippen LogP contribution in [0.3, 0.4) is 0 Å². The molecule has 4 rings (SSSR count). The largest absolute Gasteiger partial charge is 0.486 e. The lowest BCUT2D eigenvalue weighted by Crippen LogP contribution is -2.45. The first-order valence-electron chi connectivity index (χ1n) is 11.6. The van der Waals surface area contributed by atoms with Crippen molar-refractivity contribution in [2.75, 3.05) is 39.5 Å². The number of fused-ring (bicyclic) bond motifs is 1. The van der Waals surface area contributed by atoms with Crippen molar-refractivity contribution in [2.45, 2.75) is 12.8 Å². The smallest absolute Gasteiger partial charge is 0.272 e. The van der Waals surface area contributed by atoms with E-state index in [0.29, 0.717) is 43.2 Å². The molecule has 1 saturated heterocycles. The zero-order valence-electron chi connectivity index (χ0n) is 20.0. The molecule has 0 saturated carbocycles. The van der Waals surface area contributed by atoms with Crippen molar-refractivity contribution < 1.29 is 27.8 Å². The van der Waals surface area contributed by atoms with Crippen molar-refractivity contribution in [3.8, 4) is 11.8 Å². The Balaban J connectivity index is 1.51. The van der Waals surface area contributed by atoms with Crippen LogP contribution in [-0.4, -0.2) is 78.3 Å². The number of nitrogens with one attached hydrogen (secondary N) is 3. The number of hydrogen-bond donors (Lipinski definition) is 3. The van der Waals surface area contributed by atoms with Gasteiger partial charge in [-0.2, -0.15) is 5.26 Å². The van der Waals surface area contributed by atoms with E-state index in [1.807, 2.05) is 6.07 Å². The monoisotopic (exact) mass is 544 g/mol. The number of aromatic nitrogens is 2. The molecule has 13 heteroatoms. The van der Waals surface area contributed by atoms with Crippen molar-refractivity contribution in [3.05, 3.63) is 57.9 Å². The van der Waals surface area contributed by atoms with Gasteiger partial charge in [0.05, 0.1) is 47.4 Å². The second kappa shape index (κ2) is 12.0. The molecule has 2 amide bonds. The number of hydrogen-bond acceptors (Lipinski definition) is 7. The highest BCUT2D eigenvalue weighted by Crippen LogP contribution is 2.29. The Morgan fingerprint density at radius 3 is 2.74 bits per heavy atom.